The lowest BCUT2D eigenvalue weighted by molar-refractivity contribution is -0.143. The van der Waals surface area contributed by atoms with Crippen LogP contribution in [-0.2, 0) is 16.0 Å². The van der Waals surface area contributed by atoms with Gasteiger partial charge < -0.3 is 14.4 Å². The molecule has 0 aromatic carbocycles. The van der Waals surface area contributed by atoms with Gasteiger partial charge in [0.1, 0.15) is 5.60 Å². The van der Waals surface area contributed by atoms with Crippen molar-refractivity contribution in [2.75, 3.05) is 73.2 Å². The van der Waals surface area contributed by atoms with E-state index in [4.69, 9.17) is 9.47 Å². The van der Waals surface area contributed by atoms with Crippen LogP contribution in [0.1, 0.15) is 4.88 Å². The highest BCUT2D eigenvalue weighted by atomic mass is 32.1. The minimum Gasteiger partial charge on any atom is -0.377 e. The Kier molecular flexibility index (Phi) is 6.07. The molecule has 0 bridgehead atoms. The largest absolute Gasteiger partial charge is 0.377 e. The summed E-state index contributed by atoms with van der Waals surface area (Å²) in [6.07, 6.45) is 0. The summed E-state index contributed by atoms with van der Waals surface area (Å²) in [7, 11) is 4.26. The second-order valence-electron chi connectivity index (χ2n) is 6.95. The number of nitrogens with zero attached hydrogens (tertiary/aromatic N) is 3. The highest BCUT2D eigenvalue weighted by Gasteiger charge is 2.40. The molecule has 6 heteroatoms. The van der Waals surface area contributed by atoms with Crippen LogP contribution in [0, 0.1) is 0 Å². The summed E-state index contributed by atoms with van der Waals surface area (Å²) in [5.41, 5.74) is -0.168. The van der Waals surface area contributed by atoms with Gasteiger partial charge in [-0.3, -0.25) is 9.80 Å². The van der Waals surface area contributed by atoms with E-state index in [-0.39, 0.29) is 5.60 Å². The third-order valence-electron chi connectivity index (χ3n) is 4.58. The zero-order valence-corrected chi connectivity index (χ0v) is 15.2. The van der Waals surface area contributed by atoms with E-state index < -0.39 is 0 Å². The Labute approximate surface area is 143 Å². The molecule has 2 aliphatic rings. The molecule has 0 saturated carbocycles. The zero-order valence-electron chi connectivity index (χ0n) is 14.4. The van der Waals surface area contributed by atoms with E-state index in [9.17, 15) is 0 Å². The zero-order chi connectivity index (χ0) is 16.1. The third kappa shape index (κ3) is 4.98. The molecule has 130 valence electrons. The van der Waals surface area contributed by atoms with Crippen LogP contribution in [-0.4, -0.2) is 93.5 Å². The van der Waals surface area contributed by atoms with Gasteiger partial charge in [0, 0.05) is 50.7 Å². The molecule has 3 rings (SSSR count). The van der Waals surface area contributed by atoms with Gasteiger partial charge in [-0.05, 0) is 25.5 Å². The van der Waals surface area contributed by atoms with E-state index in [0.717, 1.165) is 59.0 Å². The summed E-state index contributed by atoms with van der Waals surface area (Å²) in [5, 5.41) is 2.16. The Bertz CT molecular complexity index is 468. The molecule has 5 nitrogen and oxygen atoms in total. The molecular weight excluding hydrogens is 310 g/mol. The summed E-state index contributed by atoms with van der Waals surface area (Å²) < 4.78 is 12.2. The number of hydrogen-bond donors (Lipinski definition) is 0. The summed E-state index contributed by atoms with van der Waals surface area (Å²) in [6.45, 7) is 9.46. The van der Waals surface area contributed by atoms with Crippen molar-refractivity contribution in [3.05, 3.63) is 22.4 Å². The van der Waals surface area contributed by atoms with Crippen molar-refractivity contribution in [3.8, 4) is 0 Å². The van der Waals surface area contributed by atoms with Gasteiger partial charge in [0.05, 0.1) is 19.8 Å². The molecule has 23 heavy (non-hydrogen) atoms. The normalized spacial score (nSPS) is 27.6. The lowest BCUT2D eigenvalue weighted by atomic mass is 10.0. The lowest BCUT2D eigenvalue weighted by Gasteiger charge is -2.43. The summed E-state index contributed by atoms with van der Waals surface area (Å²) >= 11 is 1.84. The predicted octanol–water partition coefficient (Wildman–Crippen LogP) is 1.21. The van der Waals surface area contributed by atoms with E-state index in [1.165, 1.54) is 4.88 Å². The molecule has 0 unspecified atom stereocenters. The predicted molar refractivity (Wildman–Crippen MR) is 94.1 cm³/mol. The standard InChI is InChI=1S/C17H29N3O2S/c1-18(2)5-6-19-7-9-21-15-17(13-19)14-20(8-10-22-17)12-16-4-3-11-23-16/h3-4,11H,5-10,12-15H2,1-2H3/t17-/m1/s1. The van der Waals surface area contributed by atoms with Crippen LogP contribution in [0.15, 0.2) is 17.5 Å². The number of likely N-dealkylation sites (N-methyl/N-ethyl adjacent to an activating group) is 1. The van der Waals surface area contributed by atoms with Gasteiger partial charge in [0.15, 0.2) is 0 Å². The smallest absolute Gasteiger partial charge is 0.117 e. The van der Waals surface area contributed by atoms with Crippen molar-refractivity contribution in [2.45, 2.75) is 12.1 Å². The molecule has 1 aromatic rings. The van der Waals surface area contributed by atoms with Crippen LogP contribution in [0.2, 0.25) is 0 Å². The maximum atomic E-state index is 6.25. The average molecular weight is 340 g/mol. The molecule has 0 aliphatic carbocycles. The number of ether oxygens (including phenoxy) is 2. The van der Waals surface area contributed by atoms with Crippen LogP contribution >= 0.6 is 11.3 Å². The Morgan fingerprint density at radius 3 is 2.83 bits per heavy atom. The Balaban J connectivity index is 1.61. The van der Waals surface area contributed by atoms with Crippen molar-refractivity contribution in [1.29, 1.82) is 0 Å². The van der Waals surface area contributed by atoms with Crippen molar-refractivity contribution in [3.63, 3.8) is 0 Å². The van der Waals surface area contributed by atoms with Crippen LogP contribution in [0.5, 0.6) is 0 Å². The van der Waals surface area contributed by atoms with Gasteiger partial charge in [0.2, 0.25) is 0 Å². The van der Waals surface area contributed by atoms with Crippen LogP contribution in [0.4, 0.5) is 0 Å². The molecule has 0 amide bonds. The fraction of sp³-hybridized carbons (Fsp3) is 0.765. The second kappa shape index (κ2) is 8.05. The summed E-state index contributed by atoms with van der Waals surface area (Å²) in [4.78, 5) is 8.69. The highest BCUT2D eigenvalue weighted by molar-refractivity contribution is 7.09. The molecule has 3 heterocycles. The fourth-order valence-corrected chi connectivity index (χ4v) is 4.13. The molecule has 2 saturated heterocycles. The molecule has 2 fully saturated rings. The maximum absolute atomic E-state index is 6.25. The third-order valence-corrected chi connectivity index (χ3v) is 5.44. The van der Waals surface area contributed by atoms with Gasteiger partial charge in [-0.25, -0.2) is 0 Å². The van der Waals surface area contributed by atoms with Crippen molar-refractivity contribution < 1.29 is 9.47 Å². The van der Waals surface area contributed by atoms with E-state index in [0.29, 0.717) is 6.61 Å². The molecule has 1 aromatic heterocycles. The van der Waals surface area contributed by atoms with Gasteiger partial charge in [0.25, 0.3) is 0 Å². The molecular formula is C17H29N3O2S. The lowest BCUT2D eigenvalue weighted by Crippen LogP contribution is -2.58. The first-order chi connectivity index (χ1) is 11.2. The minimum atomic E-state index is -0.168. The first-order valence-electron chi connectivity index (χ1n) is 8.49. The Morgan fingerprint density at radius 2 is 2.04 bits per heavy atom. The first kappa shape index (κ1) is 17.3. The van der Waals surface area contributed by atoms with E-state index in [2.05, 4.69) is 46.3 Å². The van der Waals surface area contributed by atoms with E-state index in [1.807, 2.05) is 11.3 Å². The highest BCUT2D eigenvalue weighted by Crippen LogP contribution is 2.24. The second-order valence-corrected chi connectivity index (χ2v) is 7.99. The molecule has 0 radical (unpaired) electrons. The van der Waals surface area contributed by atoms with Crippen LogP contribution < -0.4 is 0 Å². The van der Waals surface area contributed by atoms with Crippen LogP contribution in [0.3, 0.4) is 0 Å². The average Bonchev–Trinajstić information content (AvgIpc) is 2.94. The monoisotopic (exact) mass is 339 g/mol. The molecule has 1 atom stereocenters. The fourth-order valence-electron chi connectivity index (χ4n) is 3.38. The quantitative estimate of drug-likeness (QED) is 0.804. The van der Waals surface area contributed by atoms with E-state index >= 15 is 0 Å². The van der Waals surface area contributed by atoms with E-state index in [1.54, 1.807) is 0 Å². The molecule has 2 aliphatic heterocycles. The van der Waals surface area contributed by atoms with Gasteiger partial charge in [-0.15, -0.1) is 11.3 Å². The molecule has 1 spiro atoms. The SMILES string of the molecule is CN(C)CCN1CCOC[C@@]2(C1)CN(Cc1cccs1)CCO2. The van der Waals surface area contributed by atoms with Gasteiger partial charge in [-0.1, -0.05) is 6.07 Å². The molecule has 0 N–H and O–H groups in total. The Hall–Kier alpha value is -0.500. The summed E-state index contributed by atoms with van der Waals surface area (Å²) in [6, 6.07) is 4.35. The summed E-state index contributed by atoms with van der Waals surface area (Å²) in [5.74, 6) is 0. The number of thiophene rings is 1. The number of hydrogen-bond acceptors (Lipinski definition) is 6. The number of rotatable bonds is 5. The minimum absolute atomic E-state index is 0.168. The van der Waals surface area contributed by atoms with Gasteiger partial charge >= 0.3 is 0 Å². The first-order valence-corrected chi connectivity index (χ1v) is 9.37. The van der Waals surface area contributed by atoms with Gasteiger partial charge in [-0.2, -0.15) is 0 Å². The maximum Gasteiger partial charge on any atom is 0.117 e. The topological polar surface area (TPSA) is 28.2 Å². The Morgan fingerprint density at radius 1 is 1.22 bits per heavy atom. The van der Waals surface area contributed by atoms with Crippen molar-refractivity contribution in [2.24, 2.45) is 0 Å². The van der Waals surface area contributed by atoms with Crippen LogP contribution in [0.25, 0.3) is 0 Å². The van der Waals surface area contributed by atoms with Crippen molar-refractivity contribution >= 4 is 11.3 Å². The number of morpholine rings is 1. The van der Waals surface area contributed by atoms with Crippen molar-refractivity contribution in [1.82, 2.24) is 14.7 Å².